The summed E-state index contributed by atoms with van der Waals surface area (Å²) < 4.78 is 60.7. The molecule has 0 saturated carbocycles. The summed E-state index contributed by atoms with van der Waals surface area (Å²) in [4.78, 5) is 28.6. The van der Waals surface area contributed by atoms with Crippen LogP contribution in [0.1, 0.15) is 31.8 Å². The number of carbonyl (C=O) groups excluding carboxylic acids is 2. The molecule has 1 atom stereocenters. The molecule has 1 aromatic heterocycles. The standard InChI is InChI=1S/C25H25F4N3O3/c1-30(2)23(33)15-5-7-22-19(11-15)17(13-31(22)3)10-18-14-35-9-8-32(18)24(34)16-4-6-21(26)20(12-16)25(27,28)29/h4-7,11-13,18H,8-10,14H2,1-3H3/t18-/m0/s1. The van der Waals surface area contributed by atoms with Gasteiger partial charge in [-0.1, -0.05) is 0 Å². The lowest BCUT2D eigenvalue weighted by atomic mass is 10.0. The van der Waals surface area contributed by atoms with Crippen LogP contribution in [-0.2, 0) is 24.4 Å². The Kier molecular flexibility index (Phi) is 6.59. The Morgan fingerprint density at radius 3 is 2.51 bits per heavy atom. The van der Waals surface area contributed by atoms with Gasteiger partial charge < -0.3 is 19.1 Å². The van der Waals surface area contributed by atoms with E-state index >= 15 is 0 Å². The Balaban J connectivity index is 1.66. The van der Waals surface area contributed by atoms with Crippen LogP contribution in [0.3, 0.4) is 0 Å². The number of alkyl halides is 3. The number of benzene rings is 2. The topological polar surface area (TPSA) is 54.8 Å². The monoisotopic (exact) mass is 491 g/mol. The second-order valence-corrected chi connectivity index (χ2v) is 8.82. The molecule has 1 aliphatic rings. The van der Waals surface area contributed by atoms with E-state index in [4.69, 9.17) is 4.74 Å². The summed E-state index contributed by atoms with van der Waals surface area (Å²) >= 11 is 0. The van der Waals surface area contributed by atoms with Crippen LogP contribution in [0.15, 0.2) is 42.6 Å². The van der Waals surface area contributed by atoms with Crippen LogP contribution in [0.5, 0.6) is 0 Å². The predicted octanol–water partition coefficient (Wildman–Crippen LogP) is 4.12. The molecule has 1 fully saturated rings. The van der Waals surface area contributed by atoms with Crippen molar-refractivity contribution in [1.29, 1.82) is 0 Å². The van der Waals surface area contributed by atoms with Gasteiger partial charge in [0.1, 0.15) is 5.82 Å². The molecule has 0 bridgehead atoms. The van der Waals surface area contributed by atoms with Crippen molar-refractivity contribution < 1.29 is 31.9 Å². The van der Waals surface area contributed by atoms with Crippen LogP contribution < -0.4 is 0 Å². The van der Waals surface area contributed by atoms with Crippen LogP contribution in [0.2, 0.25) is 0 Å². The van der Waals surface area contributed by atoms with Gasteiger partial charge in [0.2, 0.25) is 0 Å². The van der Waals surface area contributed by atoms with E-state index in [1.54, 1.807) is 26.2 Å². The van der Waals surface area contributed by atoms with Crippen molar-refractivity contribution in [3.63, 3.8) is 0 Å². The Morgan fingerprint density at radius 2 is 1.83 bits per heavy atom. The number of aromatic nitrogens is 1. The molecule has 0 spiro atoms. The number of rotatable bonds is 4. The van der Waals surface area contributed by atoms with Crippen molar-refractivity contribution in [2.45, 2.75) is 18.6 Å². The van der Waals surface area contributed by atoms with E-state index in [0.29, 0.717) is 24.1 Å². The number of carbonyl (C=O) groups is 2. The van der Waals surface area contributed by atoms with Gasteiger partial charge in [-0.3, -0.25) is 9.59 Å². The number of fused-ring (bicyclic) bond motifs is 1. The Morgan fingerprint density at radius 1 is 1.11 bits per heavy atom. The molecular weight excluding hydrogens is 466 g/mol. The highest BCUT2D eigenvalue weighted by Gasteiger charge is 2.36. The largest absolute Gasteiger partial charge is 0.419 e. The molecule has 186 valence electrons. The van der Waals surface area contributed by atoms with Crippen molar-refractivity contribution in [1.82, 2.24) is 14.4 Å². The van der Waals surface area contributed by atoms with E-state index in [-0.39, 0.29) is 31.2 Å². The molecule has 0 N–H and O–H groups in total. The summed E-state index contributed by atoms with van der Waals surface area (Å²) in [5, 5.41) is 0.847. The molecule has 6 nitrogen and oxygen atoms in total. The number of aryl methyl sites for hydroxylation is 1. The zero-order chi connectivity index (χ0) is 25.5. The van der Waals surface area contributed by atoms with Crippen molar-refractivity contribution in [3.8, 4) is 0 Å². The molecule has 3 aromatic rings. The molecule has 2 heterocycles. The average molecular weight is 491 g/mol. The minimum Gasteiger partial charge on any atom is -0.377 e. The van der Waals surface area contributed by atoms with E-state index in [2.05, 4.69) is 0 Å². The first kappa shape index (κ1) is 24.7. The minimum absolute atomic E-state index is 0.142. The zero-order valence-electron chi connectivity index (χ0n) is 19.5. The number of hydrogen-bond donors (Lipinski definition) is 0. The molecule has 2 amide bonds. The average Bonchev–Trinajstić information content (AvgIpc) is 3.12. The first-order valence-corrected chi connectivity index (χ1v) is 11.0. The second-order valence-electron chi connectivity index (χ2n) is 8.82. The van der Waals surface area contributed by atoms with Crippen LogP contribution in [0.25, 0.3) is 10.9 Å². The first-order valence-electron chi connectivity index (χ1n) is 11.0. The van der Waals surface area contributed by atoms with Gasteiger partial charge in [0.05, 0.1) is 24.8 Å². The lowest BCUT2D eigenvalue weighted by molar-refractivity contribution is -0.140. The van der Waals surface area contributed by atoms with Gasteiger partial charge in [-0.25, -0.2) is 4.39 Å². The van der Waals surface area contributed by atoms with E-state index < -0.39 is 29.5 Å². The summed E-state index contributed by atoms with van der Waals surface area (Å²) in [6.45, 7) is 0.635. The molecule has 0 unspecified atom stereocenters. The zero-order valence-corrected chi connectivity index (χ0v) is 19.5. The van der Waals surface area contributed by atoms with E-state index in [1.807, 2.05) is 23.9 Å². The third-order valence-electron chi connectivity index (χ3n) is 6.19. The minimum atomic E-state index is -4.91. The van der Waals surface area contributed by atoms with Crippen molar-refractivity contribution in [2.75, 3.05) is 33.9 Å². The summed E-state index contributed by atoms with van der Waals surface area (Å²) in [5.74, 6) is -2.18. The maximum Gasteiger partial charge on any atom is 0.419 e. The molecule has 35 heavy (non-hydrogen) atoms. The number of halogens is 4. The van der Waals surface area contributed by atoms with Gasteiger partial charge >= 0.3 is 6.18 Å². The Bertz CT molecular complexity index is 1280. The van der Waals surface area contributed by atoms with Gasteiger partial charge in [-0.15, -0.1) is 0 Å². The number of ether oxygens (including phenoxy) is 1. The summed E-state index contributed by atoms with van der Waals surface area (Å²) in [5.41, 5.74) is 0.592. The van der Waals surface area contributed by atoms with Gasteiger partial charge in [0.15, 0.2) is 0 Å². The SMILES string of the molecule is CN(C)C(=O)c1ccc2c(c1)c(C[C@H]1COCCN1C(=O)c1ccc(F)c(C(F)(F)F)c1)cn2C. The lowest BCUT2D eigenvalue weighted by Crippen LogP contribution is -2.49. The van der Waals surface area contributed by atoms with Gasteiger partial charge in [0, 0.05) is 55.9 Å². The lowest BCUT2D eigenvalue weighted by Gasteiger charge is -2.36. The van der Waals surface area contributed by atoms with Crippen molar-refractivity contribution in [2.24, 2.45) is 7.05 Å². The molecule has 1 aliphatic heterocycles. The molecular formula is C25H25F4N3O3. The third-order valence-corrected chi connectivity index (χ3v) is 6.19. The smallest absolute Gasteiger partial charge is 0.377 e. The highest BCUT2D eigenvalue weighted by Crippen LogP contribution is 2.32. The number of hydrogen-bond acceptors (Lipinski definition) is 3. The fourth-order valence-electron chi connectivity index (χ4n) is 4.41. The van der Waals surface area contributed by atoms with Gasteiger partial charge in [0.25, 0.3) is 11.8 Å². The summed E-state index contributed by atoms with van der Waals surface area (Å²) in [6, 6.07) is 7.25. The number of morpholine rings is 1. The molecule has 0 aliphatic carbocycles. The highest BCUT2D eigenvalue weighted by atomic mass is 19.4. The third kappa shape index (κ3) is 4.88. The van der Waals surface area contributed by atoms with E-state index in [9.17, 15) is 27.2 Å². The fraction of sp³-hybridized carbons (Fsp3) is 0.360. The summed E-state index contributed by atoms with van der Waals surface area (Å²) in [7, 11) is 5.21. The van der Waals surface area contributed by atoms with Crippen LogP contribution >= 0.6 is 0 Å². The maximum absolute atomic E-state index is 13.7. The predicted molar refractivity (Wildman–Crippen MR) is 122 cm³/mol. The van der Waals surface area contributed by atoms with Crippen LogP contribution in [0, 0.1) is 5.82 Å². The Hall–Kier alpha value is -3.40. The quantitative estimate of drug-likeness (QED) is 0.516. The maximum atomic E-state index is 13.7. The summed E-state index contributed by atoms with van der Waals surface area (Å²) in [6.07, 6.45) is -2.63. The van der Waals surface area contributed by atoms with Crippen LogP contribution in [-0.4, -0.2) is 66.1 Å². The highest BCUT2D eigenvalue weighted by molar-refractivity contribution is 5.99. The first-order chi connectivity index (χ1) is 16.5. The van der Waals surface area contributed by atoms with E-state index in [1.165, 1.54) is 9.80 Å². The molecule has 10 heteroatoms. The normalized spacial score (nSPS) is 16.5. The van der Waals surface area contributed by atoms with E-state index in [0.717, 1.165) is 22.5 Å². The van der Waals surface area contributed by atoms with Crippen molar-refractivity contribution >= 4 is 22.7 Å². The molecule has 0 radical (unpaired) electrons. The fourth-order valence-corrected chi connectivity index (χ4v) is 4.41. The van der Waals surface area contributed by atoms with Crippen molar-refractivity contribution in [3.05, 3.63) is 70.7 Å². The Labute approximate surface area is 199 Å². The molecule has 1 saturated heterocycles. The van der Waals surface area contributed by atoms with Crippen LogP contribution in [0.4, 0.5) is 17.6 Å². The number of amides is 2. The number of nitrogens with zero attached hydrogens (tertiary/aromatic N) is 3. The molecule has 2 aromatic carbocycles. The van der Waals surface area contributed by atoms with Gasteiger partial charge in [-0.2, -0.15) is 13.2 Å². The molecule has 4 rings (SSSR count). The van der Waals surface area contributed by atoms with Gasteiger partial charge in [-0.05, 0) is 48.4 Å². The second kappa shape index (κ2) is 9.33.